The maximum absolute atomic E-state index is 13.8. The van der Waals surface area contributed by atoms with Gasteiger partial charge < -0.3 is 20.0 Å². The highest BCUT2D eigenvalue weighted by atomic mass is 16.4. The van der Waals surface area contributed by atoms with Crippen LogP contribution in [-0.4, -0.2) is 56.1 Å². The average molecular weight is 509 g/mol. The summed E-state index contributed by atoms with van der Waals surface area (Å²) in [6.45, 7) is 0. The average Bonchev–Trinajstić information content (AvgIpc) is 2.91. The molecule has 4 rings (SSSR count). The molecule has 2 N–H and O–H groups in total. The van der Waals surface area contributed by atoms with Gasteiger partial charge in [0.15, 0.2) is 5.78 Å². The Labute approximate surface area is 221 Å². The van der Waals surface area contributed by atoms with Crippen LogP contribution in [0.5, 0.6) is 0 Å². The lowest BCUT2D eigenvalue weighted by Crippen LogP contribution is -2.15. The van der Waals surface area contributed by atoms with Gasteiger partial charge >= 0.3 is 11.9 Å². The summed E-state index contributed by atoms with van der Waals surface area (Å²) < 4.78 is 0. The van der Waals surface area contributed by atoms with E-state index >= 15 is 0 Å². The number of anilines is 2. The van der Waals surface area contributed by atoms with Gasteiger partial charge in [0.05, 0.1) is 11.1 Å². The van der Waals surface area contributed by atoms with Crippen LogP contribution < -0.4 is 9.80 Å². The number of nitrogens with zero attached hydrogens (tertiary/aromatic N) is 2. The molecule has 0 aliphatic heterocycles. The predicted octanol–water partition coefficient (Wildman–Crippen LogP) is 5.78. The molecular formula is C31H28N2O5. The molecule has 192 valence electrons. The zero-order chi connectivity index (χ0) is 27.6. The number of ketones is 1. The van der Waals surface area contributed by atoms with Crippen molar-refractivity contribution >= 4 is 29.1 Å². The van der Waals surface area contributed by atoms with E-state index in [-0.39, 0.29) is 22.3 Å². The van der Waals surface area contributed by atoms with E-state index in [2.05, 4.69) is 0 Å². The van der Waals surface area contributed by atoms with E-state index in [4.69, 9.17) is 0 Å². The zero-order valence-corrected chi connectivity index (χ0v) is 21.6. The van der Waals surface area contributed by atoms with Crippen molar-refractivity contribution in [2.24, 2.45) is 0 Å². The van der Waals surface area contributed by atoms with Gasteiger partial charge in [-0.15, -0.1) is 0 Å². The quantitative estimate of drug-likeness (QED) is 0.291. The monoisotopic (exact) mass is 508 g/mol. The first-order valence-electron chi connectivity index (χ1n) is 11.9. The van der Waals surface area contributed by atoms with E-state index in [0.717, 1.165) is 11.4 Å². The van der Waals surface area contributed by atoms with Gasteiger partial charge in [-0.1, -0.05) is 60.7 Å². The van der Waals surface area contributed by atoms with Crippen molar-refractivity contribution in [3.63, 3.8) is 0 Å². The third kappa shape index (κ3) is 4.99. The van der Waals surface area contributed by atoms with Crippen LogP contribution in [0, 0.1) is 0 Å². The molecule has 0 heterocycles. The van der Waals surface area contributed by atoms with E-state index in [1.165, 1.54) is 12.1 Å². The molecule has 7 nitrogen and oxygen atoms in total. The van der Waals surface area contributed by atoms with Gasteiger partial charge in [0, 0.05) is 50.7 Å². The molecule has 0 amide bonds. The smallest absolute Gasteiger partial charge is 0.337 e. The molecule has 4 aromatic carbocycles. The third-order valence-corrected chi connectivity index (χ3v) is 6.44. The van der Waals surface area contributed by atoms with Crippen LogP contribution in [-0.2, 0) is 0 Å². The number of benzene rings is 4. The Morgan fingerprint density at radius 3 is 1.16 bits per heavy atom. The Morgan fingerprint density at radius 2 is 0.868 bits per heavy atom. The summed E-state index contributed by atoms with van der Waals surface area (Å²) in [7, 11) is 7.62. The lowest BCUT2D eigenvalue weighted by Gasteiger charge is -2.16. The molecule has 0 radical (unpaired) electrons. The predicted molar refractivity (Wildman–Crippen MR) is 150 cm³/mol. The molecule has 4 aromatic rings. The normalized spacial score (nSPS) is 10.6. The molecule has 0 aromatic heterocycles. The van der Waals surface area contributed by atoms with E-state index in [1.807, 2.05) is 62.3 Å². The highest BCUT2D eigenvalue weighted by Crippen LogP contribution is 2.33. The number of aromatic carboxylic acids is 2. The molecule has 0 atom stereocenters. The summed E-state index contributed by atoms with van der Waals surface area (Å²) >= 11 is 0. The van der Waals surface area contributed by atoms with E-state index in [1.54, 1.807) is 48.5 Å². The second-order valence-electron chi connectivity index (χ2n) is 9.28. The molecule has 0 aliphatic carbocycles. The molecule has 0 aliphatic rings. The molecule has 38 heavy (non-hydrogen) atoms. The highest BCUT2D eigenvalue weighted by Gasteiger charge is 2.27. The standard InChI is InChI=1S/C31H28N2O5/c1-32(2)21-15-11-19(12-16-21)23-7-5-9-25(27(23)30(35)36)29(34)26-10-6-8-24(28(26)31(37)38)20-13-17-22(18-14-20)33(3)4/h5-18H,1-4H3,(H,35,36)(H,37,38). The van der Waals surface area contributed by atoms with E-state index in [0.29, 0.717) is 22.3 Å². The van der Waals surface area contributed by atoms with E-state index < -0.39 is 17.7 Å². The summed E-state index contributed by atoms with van der Waals surface area (Å²) in [5.74, 6) is -3.21. The number of carboxylic acids is 2. The molecule has 0 spiro atoms. The van der Waals surface area contributed by atoms with Crippen molar-refractivity contribution in [2.45, 2.75) is 0 Å². The molecule has 7 heteroatoms. The molecule has 0 bridgehead atoms. The van der Waals surface area contributed by atoms with Crippen LogP contribution in [0.3, 0.4) is 0 Å². The number of rotatable bonds is 8. The summed E-state index contributed by atoms with van der Waals surface area (Å²) in [4.78, 5) is 42.5. The minimum atomic E-state index is -1.27. The number of hydrogen-bond acceptors (Lipinski definition) is 5. The lowest BCUT2D eigenvalue weighted by atomic mass is 9.87. The Morgan fingerprint density at radius 1 is 0.526 bits per heavy atom. The number of carbonyl (C=O) groups is 3. The second-order valence-corrected chi connectivity index (χ2v) is 9.28. The van der Waals surface area contributed by atoms with Gasteiger partial charge in [-0.3, -0.25) is 4.79 Å². The van der Waals surface area contributed by atoms with Crippen LogP contribution in [0.4, 0.5) is 11.4 Å². The Balaban J connectivity index is 1.86. The van der Waals surface area contributed by atoms with Crippen LogP contribution in [0.2, 0.25) is 0 Å². The van der Waals surface area contributed by atoms with Crippen molar-refractivity contribution in [3.8, 4) is 22.3 Å². The maximum atomic E-state index is 13.8. The van der Waals surface area contributed by atoms with E-state index in [9.17, 15) is 24.6 Å². The number of hydrogen-bond donors (Lipinski definition) is 2. The van der Waals surface area contributed by atoms with Gasteiger partial charge in [-0.25, -0.2) is 9.59 Å². The van der Waals surface area contributed by atoms with Gasteiger partial charge in [0.1, 0.15) is 0 Å². The zero-order valence-electron chi connectivity index (χ0n) is 21.6. The molecule has 0 fully saturated rings. The van der Waals surface area contributed by atoms with Gasteiger partial charge in [-0.2, -0.15) is 0 Å². The van der Waals surface area contributed by atoms with Crippen LogP contribution in [0.1, 0.15) is 36.6 Å². The fourth-order valence-electron chi connectivity index (χ4n) is 4.45. The van der Waals surface area contributed by atoms with Crippen molar-refractivity contribution in [3.05, 3.63) is 107 Å². The van der Waals surface area contributed by atoms with Crippen molar-refractivity contribution in [1.29, 1.82) is 0 Å². The lowest BCUT2D eigenvalue weighted by molar-refractivity contribution is 0.0687. The summed E-state index contributed by atoms with van der Waals surface area (Å²) in [5, 5.41) is 20.3. The first-order valence-corrected chi connectivity index (χ1v) is 11.9. The second kappa shape index (κ2) is 10.6. The van der Waals surface area contributed by atoms with Crippen LogP contribution >= 0.6 is 0 Å². The molecule has 0 saturated carbocycles. The first kappa shape index (κ1) is 26.2. The number of carboxylic acid groups (broad SMARTS) is 2. The Kier molecular flexibility index (Phi) is 7.30. The van der Waals surface area contributed by atoms with Gasteiger partial charge in [-0.05, 0) is 46.5 Å². The molecule has 0 unspecified atom stereocenters. The Hall–Kier alpha value is -4.91. The highest BCUT2D eigenvalue weighted by molar-refractivity contribution is 6.20. The Bertz CT molecular complexity index is 1410. The fourth-order valence-corrected chi connectivity index (χ4v) is 4.45. The van der Waals surface area contributed by atoms with Crippen molar-refractivity contribution < 1.29 is 24.6 Å². The van der Waals surface area contributed by atoms with Crippen molar-refractivity contribution in [1.82, 2.24) is 0 Å². The molecular weight excluding hydrogens is 480 g/mol. The summed E-state index contributed by atoms with van der Waals surface area (Å²) in [6.07, 6.45) is 0. The van der Waals surface area contributed by atoms with Gasteiger partial charge in [0.25, 0.3) is 0 Å². The topological polar surface area (TPSA) is 98.2 Å². The maximum Gasteiger partial charge on any atom is 0.337 e. The van der Waals surface area contributed by atoms with Crippen LogP contribution in [0.25, 0.3) is 22.3 Å². The summed E-state index contributed by atoms with van der Waals surface area (Å²) in [6, 6.07) is 24.0. The minimum absolute atomic E-state index is 0.0747. The largest absolute Gasteiger partial charge is 0.478 e. The fraction of sp³-hybridized carbons (Fsp3) is 0.129. The third-order valence-electron chi connectivity index (χ3n) is 6.44. The first-order chi connectivity index (χ1) is 18.1. The van der Waals surface area contributed by atoms with Gasteiger partial charge in [0.2, 0.25) is 0 Å². The molecule has 0 saturated heterocycles. The van der Waals surface area contributed by atoms with Crippen LogP contribution in [0.15, 0.2) is 84.9 Å². The SMILES string of the molecule is CN(C)c1ccc(-c2cccc(C(=O)c3cccc(-c4ccc(N(C)C)cc4)c3C(=O)O)c2C(=O)O)cc1. The summed E-state index contributed by atoms with van der Waals surface area (Å²) in [5.41, 5.74) is 3.41. The van der Waals surface area contributed by atoms with Crippen molar-refractivity contribution in [2.75, 3.05) is 38.0 Å². The number of carbonyl (C=O) groups excluding carboxylic acids is 1. The minimum Gasteiger partial charge on any atom is -0.478 e.